The molecule has 0 atom stereocenters. The molecule has 0 aromatic heterocycles. The summed E-state index contributed by atoms with van der Waals surface area (Å²) >= 11 is 0. The fourth-order valence-corrected chi connectivity index (χ4v) is 2.30. The first kappa shape index (κ1) is 18.5. The molecule has 1 amide bonds. The van der Waals surface area contributed by atoms with Gasteiger partial charge < -0.3 is 9.47 Å². The molecule has 25 heavy (non-hydrogen) atoms. The van der Waals surface area contributed by atoms with Crippen molar-refractivity contribution in [3.05, 3.63) is 59.7 Å². The molecule has 0 heterocycles. The van der Waals surface area contributed by atoms with E-state index in [4.69, 9.17) is 9.47 Å². The molecular weight excluding hydrogens is 316 g/mol. The van der Waals surface area contributed by atoms with Crippen LogP contribution in [0, 0.1) is 0 Å². The minimum Gasteiger partial charge on any atom is -0.497 e. The zero-order chi connectivity index (χ0) is 17.9. The molecule has 5 heteroatoms. The Morgan fingerprint density at radius 1 is 1.08 bits per heavy atom. The van der Waals surface area contributed by atoms with E-state index in [0.717, 1.165) is 29.9 Å². The molecule has 0 aliphatic rings. The summed E-state index contributed by atoms with van der Waals surface area (Å²) in [6.45, 7) is 2.63. The average Bonchev–Trinajstić information content (AvgIpc) is 2.64. The first-order chi connectivity index (χ1) is 12.2. The molecule has 0 fully saturated rings. The van der Waals surface area contributed by atoms with Crippen LogP contribution in [0.5, 0.6) is 11.5 Å². The Kier molecular flexibility index (Phi) is 7.50. The van der Waals surface area contributed by atoms with Crippen LogP contribution in [0.1, 0.15) is 30.9 Å². The molecule has 0 radical (unpaired) electrons. The number of carbonyl (C=O) groups is 1. The predicted octanol–water partition coefficient (Wildman–Crippen LogP) is 3.57. The van der Waals surface area contributed by atoms with E-state index < -0.39 is 0 Å². The minimum absolute atomic E-state index is 0.0873. The molecule has 0 aliphatic carbocycles. The number of ether oxygens (including phenoxy) is 2. The van der Waals surface area contributed by atoms with Gasteiger partial charge in [0.1, 0.15) is 11.5 Å². The van der Waals surface area contributed by atoms with Crippen LogP contribution in [-0.2, 0) is 11.2 Å². The normalized spacial score (nSPS) is 10.6. The number of aryl methyl sites for hydroxylation is 1. The second-order valence-corrected chi connectivity index (χ2v) is 5.50. The van der Waals surface area contributed by atoms with Crippen LogP contribution < -0.4 is 14.9 Å². The molecule has 2 aromatic rings. The Bertz CT molecular complexity index is 679. The lowest BCUT2D eigenvalue weighted by molar-refractivity contribution is -0.121. The monoisotopic (exact) mass is 340 g/mol. The summed E-state index contributed by atoms with van der Waals surface area (Å²) in [5.74, 6) is 1.57. The van der Waals surface area contributed by atoms with E-state index in [1.165, 1.54) is 5.56 Å². The van der Waals surface area contributed by atoms with Gasteiger partial charge in [-0.05, 0) is 67.3 Å². The third-order valence-electron chi connectivity index (χ3n) is 3.62. The quantitative estimate of drug-likeness (QED) is 0.561. The van der Waals surface area contributed by atoms with Gasteiger partial charge in [-0.3, -0.25) is 4.79 Å². The third kappa shape index (κ3) is 6.67. The molecule has 0 spiro atoms. The van der Waals surface area contributed by atoms with Crippen molar-refractivity contribution in [1.82, 2.24) is 5.43 Å². The maximum absolute atomic E-state index is 11.8. The Hall–Kier alpha value is -2.82. The Labute approximate surface area is 148 Å². The highest BCUT2D eigenvalue weighted by molar-refractivity contribution is 5.82. The van der Waals surface area contributed by atoms with Crippen LogP contribution >= 0.6 is 0 Å². The summed E-state index contributed by atoms with van der Waals surface area (Å²) in [7, 11) is 1.62. The van der Waals surface area contributed by atoms with E-state index >= 15 is 0 Å². The lowest BCUT2D eigenvalue weighted by atomic mass is 10.1. The van der Waals surface area contributed by atoms with Crippen molar-refractivity contribution < 1.29 is 14.3 Å². The first-order valence-electron chi connectivity index (χ1n) is 8.39. The summed E-state index contributed by atoms with van der Waals surface area (Å²) < 4.78 is 10.5. The van der Waals surface area contributed by atoms with Gasteiger partial charge >= 0.3 is 0 Å². The molecule has 0 unspecified atom stereocenters. The van der Waals surface area contributed by atoms with Gasteiger partial charge in [0.15, 0.2) is 0 Å². The van der Waals surface area contributed by atoms with Crippen molar-refractivity contribution >= 4 is 12.1 Å². The maximum Gasteiger partial charge on any atom is 0.240 e. The van der Waals surface area contributed by atoms with Crippen molar-refractivity contribution in [2.24, 2.45) is 5.10 Å². The number of amides is 1. The number of nitrogens with one attached hydrogen (secondary N) is 1. The van der Waals surface area contributed by atoms with Gasteiger partial charge in [-0.25, -0.2) is 5.43 Å². The van der Waals surface area contributed by atoms with E-state index in [9.17, 15) is 4.79 Å². The van der Waals surface area contributed by atoms with Gasteiger partial charge in [0.2, 0.25) is 5.91 Å². The fraction of sp³-hybridized carbons (Fsp3) is 0.300. The lowest BCUT2D eigenvalue weighted by Gasteiger charge is -2.05. The predicted molar refractivity (Wildman–Crippen MR) is 99.3 cm³/mol. The van der Waals surface area contributed by atoms with Gasteiger partial charge in [0.25, 0.3) is 0 Å². The number of hydrogen-bond donors (Lipinski definition) is 1. The molecule has 0 aliphatic heterocycles. The van der Waals surface area contributed by atoms with Crippen molar-refractivity contribution in [2.75, 3.05) is 13.7 Å². The maximum atomic E-state index is 11.8. The molecule has 2 aromatic carbocycles. The van der Waals surface area contributed by atoms with Crippen LogP contribution in [0.15, 0.2) is 53.6 Å². The van der Waals surface area contributed by atoms with Gasteiger partial charge in [-0.15, -0.1) is 0 Å². The van der Waals surface area contributed by atoms with E-state index in [-0.39, 0.29) is 5.91 Å². The van der Waals surface area contributed by atoms with Crippen molar-refractivity contribution in [1.29, 1.82) is 0 Å². The third-order valence-corrected chi connectivity index (χ3v) is 3.62. The largest absolute Gasteiger partial charge is 0.497 e. The molecule has 5 nitrogen and oxygen atoms in total. The highest BCUT2D eigenvalue weighted by Gasteiger charge is 2.01. The summed E-state index contributed by atoms with van der Waals surface area (Å²) in [5.41, 5.74) is 4.64. The summed E-state index contributed by atoms with van der Waals surface area (Å²) in [4.78, 5) is 11.8. The Morgan fingerprint density at radius 3 is 2.40 bits per heavy atom. The van der Waals surface area contributed by atoms with E-state index in [0.29, 0.717) is 13.0 Å². The smallest absolute Gasteiger partial charge is 0.240 e. The SMILES string of the molecule is CCOc1ccc(CCCC(=O)N/N=C\c2ccc(OC)cc2)cc1. The van der Waals surface area contributed by atoms with Crippen molar-refractivity contribution in [2.45, 2.75) is 26.2 Å². The van der Waals surface area contributed by atoms with Gasteiger partial charge in [0, 0.05) is 6.42 Å². The fourth-order valence-electron chi connectivity index (χ4n) is 2.30. The zero-order valence-electron chi connectivity index (χ0n) is 14.7. The number of nitrogens with zero attached hydrogens (tertiary/aromatic N) is 1. The Balaban J connectivity index is 1.68. The molecular formula is C20H24N2O3. The minimum atomic E-state index is -0.0873. The van der Waals surface area contributed by atoms with Crippen LogP contribution in [0.25, 0.3) is 0 Å². The van der Waals surface area contributed by atoms with Crippen LogP contribution in [0.2, 0.25) is 0 Å². The van der Waals surface area contributed by atoms with Crippen LogP contribution in [0.4, 0.5) is 0 Å². The summed E-state index contributed by atoms with van der Waals surface area (Å²) in [6.07, 6.45) is 3.68. The summed E-state index contributed by atoms with van der Waals surface area (Å²) in [5, 5.41) is 3.97. The van der Waals surface area contributed by atoms with Crippen molar-refractivity contribution in [3.8, 4) is 11.5 Å². The number of rotatable bonds is 9. The lowest BCUT2D eigenvalue weighted by Crippen LogP contribution is -2.17. The summed E-state index contributed by atoms with van der Waals surface area (Å²) in [6, 6.07) is 15.4. The number of benzene rings is 2. The van der Waals surface area contributed by atoms with Crippen LogP contribution in [-0.4, -0.2) is 25.8 Å². The number of hydrogen-bond acceptors (Lipinski definition) is 4. The number of methoxy groups -OCH3 is 1. The van der Waals surface area contributed by atoms with Crippen LogP contribution in [0.3, 0.4) is 0 Å². The highest BCUT2D eigenvalue weighted by Crippen LogP contribution is 2.14. The highest BCUT2D eigenvalue weighted by atomic mass is 16.5. The number of carbonyl (C=O) groups excluding carboxylic acids is 1. The molecule has 0 saturated heterocycles. The molecule has 2 rings (SSSR count). The van der Waals surface area contributed by atoms with E-state index in [1.54, 1.807) is 13.3 Å². The second kappa shape index (κ2) is 10.1. The molecule has 1 N–H and O–H groups in total. The topological polar surface area (TPSA) is 59.9 Å². The average molecular weight is 340 g/mol. The van der Waals surface area contributed by atoms with E-state index in [2.05, 4.69) is 10.5 Å². The van der Waals surface area contributed by atoms with Gasteiger partial charge in [-0.2, -0.15) is 5.10 Å². The van der Waals surface area contributed by atoms with Crippen molar-refractivity contribution in [3.63, 3.8) is 0 Å². The van der Waals surface area contributed by atoms with E-state index in [1.807, 2.05) is 55.5 Å². The van der Waals surface area contributed by atoms with Gasteiger partial charge in [0.05, 0.1) is 19.9 Å². The number of hydrazone groups is 1. The standard InChI is InChI=1S/C20H24N2O3/c1-3-25-19-13-7-16(8-14-19)5-4-6-20(23)22-21-15-17-9-11-18(24-2)12-10-17/h7-15H,3-6H2,1-2H3,(H,22,23)/b21-15-. The molecule has 0 bridgehead atoms. The zero-order valence-corrected chi connectivity index (χ0v) is 14.7. The molecule has 0 saturated carbocycles. The van der Waals surface area contributed by atoms with Gasteiger partial charge in [-0.1, -0.05) is 12.1 Å². The first-order valence-corrected chi connectivity index (χ1v) is 8.39. The molecule has 132 valence electrons. The second-order valence-electron chi connectivity index (χ2n) is 5.50. The Morgan fingerprint density at radius 2 is 1.76 bits per heavy atom.